The Morgan fingerprint density at radius 1 is 1.19 bits per heavy atom. The average molecular weight is 505 g/mol. The Bertz CT molecular complexity index is 1310. The van der Waals surface area contributed by atoms with E-state index in [1.54, 1.807) is 14.0 Å². The minimum Gasteiger partial charge on any atom is -0.497 e. The topological polar surface area (TPSA) is 87.3 Å². The van der Waals surface area contributed by atoms with Gasteiger partial charge in [0.2, 0.25) is 11.8 Å². The molecule has 8 heteroatoms. The smallest absolute Gasteiger partial charge is 0.227 e. The van der Waals surface area contributed by atoms with Crippen LogP contribution in [0.1, 0.15) is 49.1 Å². The summed E-state index contributed by atoms with van der Waals surface area (Å²) in [6.07, 6.45) is 3.77. The molecule has 0 saturated carbocycles. The SMILES string of the molecule is COc1ccc(Cc2[nH]nc(-c3cc4c(cc3F)NC(=O)C(C)C4)c2CC2CCN(C(C)=O)CC2)cc1. The number of piperidine rings is 1. The van der Waals surface area contributed by atoms with E-state index in [-0.39, 0.29) is 17.7 Å². The molecule has 7 nitrogen and oxygen atoms in total. The van der Waals surface area contributed by atoms with E-state index in [1.807, 2.05) is 42.2 Å². The Hall–Kier alpha value is -3.68. The third-order valence-corrected chi connectivity index (χ3v) is 7.72. The van der Waals surface area contributed by atoms with Gasteiger partial charge in [0.05, 0.1) is 12.8 Å². The van der Waals surface area contributed by atoms with Crippen molar-refractivity contribution < 1.29 is 18.7 Å². The molecule has 1 atom stereocenters. The summed E-state index contributed by atoms with van der Waals surface area (Å²) in [5.41, 5.74) is 5.63. The number of H-pyrrole nitrogens is 1. The van der Waals surface area contributed by atoms with Crippen LogP contribution in [-0.4, -0.2) is 47.1 Å². The summed E-state index contributed by atoms with van der Waals surface area (Å²) in [6.45, 7) is 4.98. The average Bonchev–Trinajstić information content (AvgIpc) is 3.27. The zero-order valence-corrected chi connectivity index (χ0v) is 21.6. The lowest BCUT2D eigenvalue weighted by Gasteiger charge is -2.31. The van der Waals surface area contributed by atoms with Gasteiger partial charge in [-0.15, -0.1) is 0 Å². The van der Waals surface area contributed by atoms with Crippen molar-refractivity contribution in [2.45, 2.75) is 46.0 Å². The highest BCUT2D eigenvalue weighted by Gasteiger charge is 2.28. The van der Waals surface area contributed by atoms with E-state index < -0.39 is 5.82 Å². The Labute approximate surface area is 216 Å². The maximum atomic E-state index is 15.4. The highest BCUT2D eigenvalue weighted by atomic mass is 19.1. The van der Waals surface area contributed by atoms with E-state index in [0.717, 1.165) is 60.5 Å². The maximum absolute atomic E-state index is 15.4. The molecule has 2 N–H and O–H groups in total. The molecule has 0 radical (unpaired) electrons. The van der Waals surface area contributed by atoms with Gasteiger partial charge in [0.1, 0.15) is 11.6 Å². The van der Waals surface area contributed by atoms with Crippen molar-refractivity contribution in [3.05, 3.63) is 64.6 Å². The quantitative estimate of drug-likeness (QED) is 0.507. The molecule has 2 aliphatic heterocycles. The first-order valence-corrected chi connectivity index (χ1v) is 12.9. The number of nitrogens with one attached hydrogen (secondary N) is 2. The maximum Gasteiger partial charge on any atom is 0.227 e. The second kappa shape index (κ2) is 10.4. The molecule has 1 unspecified atom stereocenters. The molecule has 2 aromatic carbocycles. The molecule has 3 heterocycles. The molecule has 37 heavy (non-hydrogen) atoms. The van der Waals surface area contributed by atoms with Crippen molar-refractivity contribution in [1.29, 1.82) is 0 Å². The van der Waals surface area contributed by atoms with E-state index in [9.17, 15) is 9.59 Å². The number of nitrogens with zero attached hydrogens (tertiary/aromatic N) is 2. The van der Waals surface area contributed by atoms with Gasteiger partial charge in [-0.1, -0.05) is 19.1 Å². The molecule has 1 fully saturated rings. The summed E-state index contributed by atoms with van der Waals surface area (Å²) < 4.78 is 20.7. The molecule has 0 aliphatic carbocycles. The first-order valence-electron chi connectivity index (χ1n) is 12.9. The third kappa shape index (κ3) is 5.24. The summed E-state index contributed by atoms with van der Waals surface area (Å²) in [7, 11) is 1.64. The van der Waals surface area contributed by atoms with Crippen LogP contribution in [0.25, 0.3) is 11.3 Å². The van der Waals surface area contributed by atoms with Crippen molar-refractivity contribution >= 4 is 17.5 Å². The van der Waals surface area contributed by atoms with Crippen LogP contribution < -0.4 is 10.1 Å². The van der Waals surface area contributed by atoms with Crippen LogP contribution in [0.5, 0.6) is 5.75 Å². The number of methoxy groups -OCH3 is 1. The van der Waals surface area contributed by atoms with E-state index in [1.165, 1.54) is 6.07 Å². The minimum absolute atomic E-state index is 0.0845. The predicted molar refractivity (Wildman–Crippen MR) is 140 cm³/mol. The Balaban J connectivity index is 1.49. The van der Waals surface area contributed by atoms with Gasteiger partial charge in [-0.05, 0) is 67.0 Å². The van der Waals surface area contributed by atoms with Crippen molar-refractivity contribution in [3.63, 3.8) is 0 Å². The number of aromatic nitrogens is 2. The number of benzene rings is 2. The van der Waals surface area contributed by atoms with Gasteiger partial charge in [-0.25, -0.2) is 4.39 Å². The van der Waals surface area contributed by atoms with E-state index in [0.29, 0.717) is 35.7 Å². The fourth-order valence-corrected chi connectivity index (χ4v) is 5.44. The number of carbonyl (C=O) groups excluding carboxylic acids is 2. The highest BCUT2D eigenvalue weighted by molar-refractivity contribution is 5.96. The monoisotopic (exact) mass is 504 g/mol. The van der Waals surface area contributed by atoms with Gasteiger partial charge in [0.15, 0.2) is 0 Å². The number of fused-ring (bicyclic) bond motifs is 1. The number of anilines is 1. The van der Waals surface area contributed by atoms with Crippen molar-refractivity contribution in [2.75, 3.05) is 25.5 Å². The first-order chi connectivity index (χ1) is 17.8. The number of hydrogen-bond donors (Lipinski definition) is 2. The van der Waals surface area contributed by atoms with Crippen molar-refractivity contribution in [1.82, 2.24) is 15.1 Å². The second-order valence-electron chi connectivity index (χ2n) is 10.3. The summed E-state index contributed by atoms with van der Waals surface area (Å²) in [5.74, 6) is 0.634. The number of carbonyl (C=O) groups is 2. The van der Waals surface area contributed by atoms with E-state index in [4.69, 9.17) is 4.74 Å². The molecule has 2 amide bonds. The summed E-state index contributed by atoms with van der Waals surface area (Å²) in [5, 5.41) is 10.7. The second-order valence-corrected chi connectivity index (χ2v) is 10.3. The van der Waals surface area contributed by atoms with Gasteiger partial charge in [0, 0.05) is 54.9 Å². The number of likely N-dealkylation sites (tertiary alicyclic amines) is 1. The standard InChI is InChI=1S/C29H33FN4O3/c1-17-12-21-15-23(25(30)16-26(21)31-29(17)36)28-24(13-20-8-10-34(11-9-20)18(2)35)27(32-33-28)14-19-4-6-22(37-3)7-5-19/h4-7,15-17,20H,8-14H2,1-3H3,(H,31,36)(H,32,33). The van der Waals surface area contributed by atoms with Gasteiger partial charge in [-0.3, -0.25) is 14.7 Å². The van der Waals surface area contributed by atoms with E-state index >= 15 is 4.39 Å². The molecule has 5 rings (SSSR count). The predicted octanol–water partition coefficient (Wildman–Crippen LogP) is 4.75. The molecule has 1 saturated heterocycles. The number of aromatic amines is 1. The van der Waals surface area contributed by atoms with Crippen LogP contribution in [0.15, 0.2) is 36.4 Å². The van der Waals surface area contributed by atoms with Gasteiger partial charge < -0.3 is 15.0 Å². The lowest BCUT2D eigenvalue weighted by molar-refractivity contribution is -0.130. The zero-order chi connectivity index (χ0) is 26.1. The Morgan fingerprint density at radius 2 is 1.92 bits per heavy atom. The van der Waals surface area contributed by atoms with Crippen molar-refractivity contribution in [3.8, 4) is 17.0 Å². The van der Waals surface area contributed by atoms with Crippen molar-refractivity contribution in [2.24, 2.45) is 11.8 Å². The minimum atomic E-state index is -0.399. The van der Waals surface area contributed by atoms with Crippen LogP contribution in [-0.2, 0) is 28.9 Å². The fourth-order valence-electron chi connectivity index (χ4n) is 5.44. The Kier molecular flexibility index (Phi) is 7.00. The largest absolute Gasteiger partial charge is 0.497 e. The molecule has 0 bridgehead atoms. The number of ether oxygens (including phenoxy) is 1. The molecule has 194 valence electrons. The Morgan fingerprint density at radius 3 is 2.59 bits per heavy atom. The molecular weight excluding hydrogens is 471 g/mol. The summed E-state index contributed by atoms with van der Waals surface area (Å²) >= 11 is 0. The van der Waals surface area contributed by atoms with Crippen LogP contribution in [0, 0.1) is 17.7 Å². The van der Waals surface area contributed by atoms with E-state index in [2.05, 4.69) is 15.5 Å². The summed E-state index contributed by atoms with van der Waals surface area (Å²) in [4.78, 5) is 25.8. The number of hydrogen-bond acceptors (Lipinski definition) is 4. The lowest BCUT2D eigenvalue weighted by atomic mass is 9.86. The number of rotatable bonds is 6. The molecule has 1 aromatic heterocycles. The molecule has 3 aromatic rings. The van der Waals surface area contributed by atoms with Gasteiger partial charge >= 0.3 is 0 Å². The molecular formula is C29H33FN4O3. The van der Waals surface area contributed by atoms with Crippen LogP contribution >= 0.6 is 0 Å². The zero-order valence-electron chi connectivity index (χ0n) is 21.6. The normalized spacial score (nSPS) is 17.9. The fraction of sp³-hybridized carbons (Fsp3) is 0.414. The van der Waals surface area contributed by atoms with Gasteiger partial charge in [0.25, 0.3) is 0 Å². The van der Waals surface area contributed by atoms with Crippen LogP contribution in [0.3, 0.4) is 0 Å². The molecule has 2 aliphatic rings. The highest BCUT2D eigenvalue weighted by Crippen LogP contribution is 2.36. The lowest BCUT2D eigenvalue weighted by Crippen LogP contribution is -2.37. The summed E-state index contributed by atoms with van der Waals surface area (Å²) in [6, 6.07) is 11.2. The first kappa shape index (κ1) is 25.0. The number of halogens is 1. The van der Waals surface area contributed by atoms with Crippen LogP contribution in [0.2, 0.25) is 0 Å². The number of amides is 2. The third-order valence-electron chi connectivity index (χ3n) is 7.72. The van der Waals surface area contributed by atoms with Crippen LogP contribution in [0.4, 0.5) is 10.1 Å². The van der Waals surface area contributed by atoms with Gasteiger partial charge in [-0.2, -0.15) is 5.10 Å². The molecule has 0 spiro atoms.